The van der Waals surface area contributed by atoms with Gasteiger partial charge in [0.15, 0.2) is 9.84 Å². The molecule has 2 N–H and O–H groups in total. The van der Waals surface area contributed by atoms with E-state index in [-0.39, 0.29) is 34.9 Å². The summed E-state index contributed by atoms with van der Waals surface area (Å²) in [6.07, 6.45) is 0.974. The van der Waals surface area contributed by atoms with Gasteiger partial charge in [-0.05, 0) is 30.3 Å². The molecule has 0 unspecified atom stereocenters. The molecule has 0 fully saturated rings. The summed E-state index contributed by atoms with van der Waals surface area (Å²) in [5.74, 6) is 0.475. The molecule has 1 amide bonds. The zero-order valence-electron chi connectivity index (χ0n) is 16.1. The first kappa shape index (κ1) is 22.0. The normalized spacial score (nSPS) is 10.9. The highest BCUT2D eigenvalue weighted by Gasteiger charge is 2.19. The molecule has 0 aliphatic heterocycles. The summed E-state index contributed by atoms with van der Waals surface area (Å²) in [5, 5.41) is 16.7. The Hall–Kier alpha value is -3.34. The monoisotopic (exact) mass is 423 g/mol. The van der Waals surface area contributed by atoms with Crippen LogP contribution < -0.4 is 20.1 Å². The highest BCUT2D eigenvalue weighted by atomic mass is 32.2. The van der Waals surface area contributed by atoms with E-state index in [0.29, 0.717) is 11.5 Å². The van der Waals surface area contributed by atoms with E-state index < -0.39 is 20.7 Å². The van der Waals surface area contributed by atoms with Gasteiger partial charge in [0.25, 0.3) is 11.6 Å². The second kappa shape index (κ2) is 9.24. The molecule has 0 heterocycles. The van der Waals surface area contributed by atoms with Crippen molar-refractivity contribution in [1.82, 2.24) is 5.32 Å². The summed E-state index contributed by atoms with van der Waals surface area (Å²) in [4.78, 5) is 22.8. The van der Waals surface area contributed by atoms with Crippen LogP contribution in [0, 0.1) is 10.1 Å². The van der Waals surface area contributed by atoms with E-state index >= 15 is 0 Å². The summed E-state index contributed by atoms with van der Waals surface area (Å²) in [6.45, 7) is 0.335. The lowest BCUT2D eigenvalue weighted by Crippen LogP contribution is -2.29. The number of nitrogens with one attached hydrogen (secondary N) is 2. The summed E-state index contributed by atoms with van der Waals surface area (Å²) in [7, 11) is -0.641. The van der Waals surface area contributed by atoms with Crippen molar-refractivity contribution in [2.75, 3.05) is 38.9 Å². The van der Waals surface area contributed by atoms with Gasteiger partial charge in [-0.15, -0.1) is 0 Å². The van der Waals surface area contributed by atoms with Gasteiger partial charge in [0.05, 0.1) is 29.6 Å². The van der Waals surface area contributed by atoms with E-state index in [9.17, 15) is 23.3 Å². The van der Waals surface area contributed by atoms with Crippen molar-refractivity contribution in [3.63, 3.8) is 0 Å². The summed E-state index contributed by atoms with van der Waals surface area (Å²) in [6, 6.07) is 8.41. The molecule has 0 aromatic heterocycles. The number of carbonyl (C=O) groups is 1. The van der Waals surface area contributed by atoms with E-state index in [1.165, 1.54) is 32.4 Å². The zero-order chi connectivity index (χ0) is 21.6. The van der Waals surface area contributed by atoms with Crippen LogP contribution in [-0.4, -0.2) is 52.8 Å². The molecule has 0 saturated heterocycles. The quantitative estimate of drug-likeness (QED) is 0.354. The van der Waals surface area contributed by atoms with Crippen LogP contribution in [0.1, 0.15) is 10.4 Å². The number of amides is 1. The molecule has 29 heavy (non-hydrogen) atoms. The lowest BCUT2D eigenvalue weighted by atomic mass is 10.1. The minimum Gasteiger partial charge on any atom is -0.497 e. The molecule has 10 nitrogen and oxygen atoms in total. The molecule has 2 rings (SSSR count). The van der Waals surface area contributed by atoms with Crippen LogP contribution >= 0.6 is 0 Å². The van der Waals surface area contributed by atoms with E-state index in [0.717, 1.165) is 12.3 Å². The van der Waals surface area contributed by atoms with Gasteiger partial charge in [-0.2, -0.15) is 0 Å². The molecule has 0 aliphatic rings. The lowest BCUT2D eigenvalue weighted by Gasteiger charge is -2.12. The Labute approximate surface area is 167 Å². The second-order valence-corrected chi connectivity index (χ2v) is 7.97. The number of anilines is 1. The maximum absolute atomic E-state index is 12.4. The molecule has 156 valence electrons. The Morgan fingerprint density at radius 3 is 2.41 bits per heavy atom. The Balaban J connectivity index is 2.04. The minimum absolute atomic E-state index is 0.145. The van der Waals surface area contributed by atoms with Crippen LogP contribution in [-0.2, 0) is 9.84 Å². The van der Waals surface area contributed by atoms with Crippen molar-refractivity contribution in [2.24, 2.45) is 0 Å². The maximum Gasteiger partial charge on any atom is 0.293 e. The number of benzene rings is 2. The van der Waals surface area contributed by atoms with Crippen LogP contribution in [0.2, 0.25) is 0 Å². The van der Waals surface area contributed by atoms with Crippen molar-refractivity contribution in [2.45, 2.75) is 4.90 Å². The van der Waals surface area contributed by atoms with Gasteiger partial charge < -0.3 is 20.1 Å². The number of hydrogen-bond donors (Lipinski definition) is 2. The summed E-state index contributed by atoms with van der Waals surface area (Å²) in [5.41, 5.74) is 0.0691. The number of rotatable bonds is 9. The number of nitro benzene ring substituents is 1. The van der Waals surface area contributed by atoms with Crippen molar-refractivity contribution in [1.29, 1.82) is 0 Å². The highest BCUT2D eigenvalue weighted by molar-refractivity contribution is 7.90. The fourth-order valence-corrected chi connectivity index (χ4v) is 3.14. The minimum atomic E-state index is -3.57. The number of hydrogen-bond acceptors (Lipinski definition) is 8. The predicted molar refractivity (Wildman–Crippen MR) is 107 cm³/mol. The van der Waals surface area contributed by atoms with Gasteiger partial charge in [-0.25, -0.2) is 8.42 Å². The third kappa shape index (κ3) is 5.57. The van der Waals surface area contributed by atoms with Crippen LogP contribution in [0.4, 0.5) is 11.4 Å². The first-order valence-corrected chi connectivity index (χ1v) is 10.3. The lowest BCUT2D eigenvalue weighted by molar-refractivity contribution is -0.384. The van der Waals surface area contributed by atoms with Gasteiger partial charge in [-0.1, -0.05) is 0 Å². The Morgan fingerprint density at radius 1 is 1.10 bits per heavy atom. The molecular formula is C18H21N3O7S. The average Bonchev–Trinajstić information content (AvgIpc) is 2.69. The van der Waals surface area contributed by atoms with E-state index in [1.54, 1.807) is 12.1 Å². The Kier molecular flexibility index (Phi) is 6.99. The van der Waals surface area contributed by atoms with Crippen LogP contribution in [0.3, 0.4) is 0 Å². The molecule has 0 bridgehead atoms. The van der Waals surface area contributed by atoms with Crippen molar-refractivity contribution in [3.05, 3.63) is 52.1 Å². The number of nitro groups is 1. The molecule has 0 saturated carbocycles. The predicted octanol–water partition coefficient (Wildman–Crippen LogP) is 1.86. The van der Waals surface area contributed by atoms with Gasteiger partial charge in [0.2, 0.25) is 0 Å². The van der Waals surface area contributed by atoms with E-state index in [2.05, 4.69) is 10.6 Å². The molecular weight excluding hydrogens is 402 g/mol. The van der Waals surface area contributed by atoms with Crippen LogP contribution in [0.25, 0.3) is 0 Å². The average molecular weight is 423 g/mol. The molecule has 11 heteroatoms. The van der Waals surface area contributed by atoms with E-state index in [1.807, 2.05) is 0 Å². The van der Waals surface area contributed by atoms with Crippen molar-refractivity contribution in [3.8, 4) is 11.5 Å². The molecule has 2 aromatic rings. The number of carbonyl (C=O) groups excluding carboxylic acids is 1. The summed E-state index contributed by atoms with van der Waals surface area (Å²) < 4.78 is 33.4. The SMILES string of the molecule is COc1ccc(OC)c(C(=O)NCCNc2ccc(S(C)(=O)=O)cc2[N+](=O)[O-])c1. The van der Waals surface area contributed by atoms with Gasteiger partial charge in [-0.3, -0.25) is 14.9 Å². The number of ether oxygens (including phenoxy) is 2. The second-order valence-electron chi connectivity index (χ2n) is 5.96. The molecule has 0 radical (unpaired) electrons. The molecule has 0 atom stereocenters. The molecule has 2 aromatic carbocycles. The van der Waals surface area contributed by atoms with Gasteiger partial charge in [0.1, 0.15) is 17.2 Å². The van der Waals surface area contributed by atoms with Crippen molar-refractivity contribution >= 4 is 27.1 Å². The fourth-order valence-electron chi connectivity index (χ4n) is 2.50. The first-order valence-electron chi connectivity index (χ1n) is 8.40. The fraction of sp³-hybridized carbons (Fsp3) is 0.278. The number of nitrogens with zero attached hydrogens (tertiary/aromatic N) is 1. The Morgan fingerprint density at radius 2 is 1.83 bits per heavy atom. The maximum atomic E-state index is 12.4. The van der Waals surface area contributed by atoms with Crippen molar-refractivity contribution < 1.29 is 27.6 Å². The third-order valence-corrected chi connectivity index (χ3v) is 5.08. The number of sulfone groups is 1. The number of methoxy groups -OCH3 is 2. The van der Waals surface area contributed by atoms with Gasteiger partial charge in [0, 0.05) is 25.4 Å². The van der Waals surface area contributed by atoms with Gasteiger partial charge >= 0.3 is 0 Å². The standard InChI is InChI=1S/C18H21N3O7S/c1-27-12-4-7-17(28-2)14(10-12)18(22)20-9-8-19-15-6-5-13(29(3,25)26)11-16(15)21(23)24/h4-7,10-11,19H,8-9H2,1-3H3,(H,20,22). The zero-order valence-corrected chi connectivity index (χ0v) is 16.9. The summed E-state index contributed by atoms with van der Waals surface area (Å²) >= 11 is 0. The van der Waals surface area contributed by atoms with Crippen LogP contribution in [0.15, 0.2) is 41.3 Å². The smallest absolute Gasteiger partial charge is 0.293 e. The van der Waals surface area contributed by atoms with E-state index in [4.69, 9.17) is 9.47 Å². The molecule has 0 aliphatic carbocycles. The first-order chi connectivity index (χ1) is 13.7. The third-order valence-electron chi connectivity index (χ3n) is 3.97. The topological polar surface area (TPSA) is 137 Å². The Bertz CT molecular complexity index is 1020. The van der Waals surface area contributed by atoms with Crippen LogP contribution in [0.5, 0.6) is 11.5 Å². The largest absolute Gasteiger partial charge is 0.497 e. The molecule has 0 spiro atoms. The highest BCUT2D eigenvalue weighted by Crippen LogP contribution is 2.27.